The van der Waals surface area contributed by atoms with Crippen LogP contribution in [0.2, 0.25) is 5.02 Å². The summed E-state index contributed by atoms with van der Waals surface area (Å²) in [5.41, 5.74) is 0.928. The molecule has 116 valence electrons. The SMILES string of the molecule is CNC(C)Cc1noc(Cc2cc(Cl)ccc2OC)n1.Cl. The molecule has 2 rings (SSSR count). The highest BCUT2D eigenvalue weighted by atomic mass is 35.5. The number of rotatable bonds is 6. The number of halogens is 2. The zero-order valence-corrected chi connectivity index (χ0v) is 13.8. The molecule has 0 aliphatic heterocycles. The topological polar surface area (TPSA) is 60.2 Å². The summed E-state index contributed by atoms with van der Waals surface area (Å²) in [4.78, 5) is 4.38. The second kappa shape index (κ2) is 8.22. The normalized spacial score (nSPS) is 11.8. The molecule has 1 aromatic heterocycles. The maximum atomic E-state index is 6.00. The molecule has 0 amide bonds. The van der Waals surface area contributed by atoms with Gasteiger partial charge in [0, 0.05) is 23.0 Å². The quantitative estimate of drug-likeness (QED) is 0.881. The average Bonchev–Trinajstić information content (AvgIpc) is 2.86. The summed E-state index contributed by atoms with van der Waals surface area (Å²) in [5.74, 6) is 2.02. The Labute approximate surface area is 135 Å². The lowest BCUT2D eigenvalue weighted by Gasteiger charge is -2.06. The number of nitrogens with one attached hydrogen (secondary N) is 1. The molecule has 1 heterocycles. The minimum atomic E-state index is 0. The van der Waals surface area contributed by atoms with Gasteiger partial charge in [-0.15, -0.1) is 12.4 Å². The number of aromatic nitrogens is 2. The van der Waals surface area contributed by atoms with Crippen molar-refractivity contribution in [2.24, 2.45) is 0 Å². The van der Waals surface area contributed by atoms with Crippen molar-refractivity contribution in [3.8, 4) is 5.75 Å². The van der Waals surface area contributed by atoms with E-state index in [-0.39, 0.29) is 12.4 Å². The fraction of sp³-hybridized carbons (Fsp3) is 0.429. The first-order valence-electron chi connectivity index (χ1n) is 6.43. The Morgan fingerprint density at radius 1 is 1.43 bits per heavy atom. The van der Waals surface area contributed by atoms with E-state index in [0.29, 0.717) is 29.2 Å². The van der Waals surface area contributed by atoms with E-state index in [1.54, 1.807) is 13.2 Å². The monoisotopic (exact) mass is 331 g/mol. The van der Waals surface area contributed by atoms with Crippen LogP contribution >= 0.6 is 24.0 Å². The Bertz CT molecular complexity index is 575. The Morgan fingerprint density at radius 3 is 2.86 bits per heavy atom. The van der Waals surface area contributed by atoms with Gasteiger partial charge in [-0.2, -0.15) is 4.98 Å². The van der Waals surface area contributed by atoms with E-state index >= 15 is 0 Å². The van der Waals surface area contributed by atoms with Crippen LogP contribution in [0.1, 0.15) is 24.2 Å². The van der Waals surface area contributed by atoms with Gasteiger partial charge in [-0.25, -0.2) is 0 Å². The first-order valence-corrected chi connectivity index (χ1v) is 6.81. The van der Waals surface area contributed by atoms with Crippen molar-refractivity contribution in [2.45, 2.75) is 25.8 Å². The first kappa shape index (κ1) is 17.8. The number of nitrogens with zero attached hydrogens (tertiary/aromatic N) is 2. The van der Waals surface area contributed by atoms with E-state index in [4.69, 9.17) is 20.9 Å². The third kappa shape index (κ3) is 4.88. The van der Waals surface area contributed by atoms with Gasteiger partial charge in [0.05, 0.1) is 13.5 Å². The van der Waals surface area contributed by atoms with Gasteiger partial charge in [0.2, 0.25) is 5.89 Å². The molecule has 0 fully saturated rings. The van der Waals surface area contributed by atoms with Crippen molar-refractivity contribution in [1.29, 1.82) is 0 Å². The second-order valence-corrected chi connectivity index (χ2v) is 5.07. The van der Waals surface area contributed by atoms with Crippen molar-refractivity contribution < 1.29 is 9.26 Å². The van der Waals surface area contributed by atoms with Gasteiger partial charge in [0.15, 0.2) is 5.82 Å². The van der Waals surface area contributed by atoms with Crippen LogP contribution < -0.4 is 10.1 Å². The molecule has 0 saturated heterocycles. The number of ether oxygens (including phenoxy) is 1. The average molecular weight is 332 g/mol. The van der Waals surface area contributed by atoms with E-state index in [9.17, 15) is 0 Å². The van der Waals surface area contributed by atoms with Gasteiger partial charge in [0.25, 0.3) is 0 Å². The Kier molecular flexibility index (Phi) is 6.95. The Hall–Kier alpha value is -1.30. The number of benzene rings is 1. The summed E-state index contributed by atoms with van der Waals surface area (Å²) in [6.45, 7) is 2.07. The maximum Gasteiger partial charge on any atom is 0.231 e. The number of methoxy groups -OCH3 is 1. The van der Waals surface area contributed by atoms with E-state index in [1.165, 1.54) is 0 Å². The number of hydrogen-bond acceptors (Lipinski definition) is 5. The fourth-order valence-electron chi connectivity index (χ4n) is 1.87. The molecule has 0 radical (unpaired) electrons. The Balaban J connectivity index is 0.00000220. The van der Waals surface area contributed by atoms with Crippen LogP contribution in [-0.2, 0) is 12.8 Å². The van der Waals surface area contributed by atoms with Gasteiger partial charge in [0.1, 0.15) is 5.75 Å². The van der Waals surface area contributed by atoms with Crippen LogP contribution in [0.5, 0.6) is 5.75 Å². The lowest BCUT2D eigenvalue weighted by molar-refractivity contribution is 0.372. The van der Waals surface area contributed by atoms with Gasteiger partial charge in [-0.3, -0.25) is 0 Å². The lowest BCUT2D eigenvalue weighted by atomic mass is 10.1. The summed E-state index contributed by atoms with van der Waals surface area (Å²) in [5, 5.41) is 7.77. The summed E-state index contributed by atoms with van der Waals surface area (Å²) in [7, 11) is 3.53. The third-order valence-electron chi connectivity index (χ3n) is 3.08. The van der Waals surface area contributed by atoms with Gasteiger partial charge < -0.3 is 14.6 Å². The van der Waals surface area contributed by atoms with Crippen molar-refractivity contribution in [3.63, 3.8) is 0 Å². The molecule has 0 aliphatic carbocycles. The highest BCUT2D eigenvalue weighted by Crippen LogP contribution is 2.24. The Morgan fingerprint density at radius 2 is 2.19 bits per heavy atom. The van der Waals surface area contributed by atoms with Gasteiger partial charge >= 0.3 is 0 Å². The molecule has 21 heavy (non-hydrogen) atoms. The van der Waals surface area contributed by atoms with Crippen LogP contribution in [-0.4, -0.2) is 30.3 Å². The molecule has 7 heteroatoms. The van der Waals surface area contributed by atoms with Crippen molar-refractivity contribution in [3.05, 3.63) is 40.5 Å². The van der Waals surface area contributed by atoms with Crippen molar-refractivity contribution in [1.82, 2.24) is 15.5 Å². The van der Waals surface area contributed by atoms with E-state index < -0.39 is 0 Å². The van der Waals surface area contributed by atoms with E-state index in [0.717, 1.165) is 17.7 Å². The van der Waals surface area contributed by atoms with Gasteiger partial charge in [-0.1, -0.05) is 16.8 Å². The fourth-order valence-corrected chi connectivity index (χ4v) is 2.06. The predicted octanol–water partition coefficient (Wildman–Crippen LogP) is 2.89. The molecular weight excluding hydrogens is 313 g/mol. The van der Waals surface area contributed by atoms with Crippen LogP contribution in [0, 0.1) is 0 Å². The van der Waals surface area contributed by atoms with Crippen LogP contribution in [0.25, 0.3) is 0 Å². The van der Waals surface area contributed by atoms with Crippen LogP contribution in [0.4, 0.5) is 0 Å². The van der Waals surface area contributed by atoms with E-state index in [1.807, 2.05) is 19.2 Å². The molecule has 1 atom stereocenters. The predicted molar refractivity (Wildman–Crippen MR) is 84.6 cm³/mol. The van der Waals surface area contributed by atoms with Crippen molar-refractivity contribution >= 4 is 24.0 Å². The number of hydrogen-bond donors (Lipinski definition) is 1. The molecular formula is C14H19Cl2N3O2. The number of likely N-dealkylation sites (N-methyl/N-ethyl adjacent to an activating group) is 1. The summed E-state index contributed by atoms with van der Waals surface area (Å²) < 4.78 is 10.6. The smallest absolute Gasteiger partial charge is 0.231 e. The van der Waals surface area contributed by atoms with Crippen LogP contribution in [0.3, 0.4) is 0 Å². The van der Waals surface area contributed by atoms with Crippen molar-refractivity contribution in [2.75, 3.05) is 14.2 Å². The summed E-state index contributed by atoms with van der Waals surface area (Å²) in [6, 6.07) is 5.78. The second-order valence-electron chi connectivity index (χ2n) is 4.63. The lowest BCUT2D eigenvalue weighted by Crippen LogP contribution is -2.24. The minimum absolute atomic E-state index is 0. The minimum Gasteiger partial charge on any atom is -0.496 e. The van der Waals surface area contributed by atoms with E-state index in [2.05, 4.69) is 22.4 Å². The molecule has 1 unspecified atom stereocenters. The zero-order chi connectivity index (χ0) is 14.5. The molecule has 0 bridgehead atoms. The molecule has 0 aliphatic rings. The highest BCUT2D eigenvalue weighted by molar-refractivity contribution is 6.30. The van der Waals surface area contributed by atoms with Gasteiger partial charge in [-0.05, 0) is 32.2 Å². The van der Waals surface area contributed by atoms with Crippen LogP contribution in [0.15, 0.2) is 22.7 Å². The molecule has 1 N–H and O–H groups in total. The molecule has 0 saturated carbocycles. The molecule has 5 nitrogen and oxygen atoms in total. The standard InChI is InChI=1S/C14H18ClN3O2.ClH/c1-9(16-2)6-13-17-14(20-18-13)8-10-7-11(15)4-5-12(10)19-3;/h4-5,7,9,16H,6,8H2,1-3H3;1H. The first-order chi connectivity index (χ1) is 9.62. The summed E-state index contributed by atoms with van der Waals surface area (Å²) >= 11 is 6.00. The highest BCUT2D eigenvalue weighted by Gasteiger charge is 2.12. The largest absolute Gasteiger partial charge is 0.496 e. The summed E-state index contributed by atoms with van der Waals surface area (Å²) in [6.07, 6.45) is 1.23. The molecule has 2 aromatic rings. The molecule has 1 aromatic carbocycles. The molecule has 0 spiro atoms. The zero-order valence-electron chi connectivity index (χ0n) is 12.2. The third-order valence-corrected chi connectivity index (χ3v) is 3.31. The maximum absolute atomic E-state index is 6.00.